The number of likely N-dealkylation sites (tertiary alicyclic amines) is 1. The molecule has 226 valence electrons. The first-order chi connectivity index (χ1) is 20.3. The fraction of sp³-hybridized carbons (Fsp3) is 0.594. The highest BCUT2D eigenvalue weighted by Crippen LogP contribution is 2.55. The average Bonchev–Trinajstić information content (AvgIpc) is 3.52. The predicted molar refractivity (Wildman–Crippen MR) is 168 cm³/mol. The number of hydrogen-bond donors (Lipinski definition) is 1. The van der Waals surface area contributed by atoms with Crippen molar-refractivity contribution in [3.63, 3.8) is 0 Å². The van der Waals surface area contributed by atoms with Crippen LogP contribution in [0.1, 0.15) is 57.3 Å². The van der Waals surface area contributed by atoms with Crippen LogP contribution >= 0.6 is 11.6 Å². The summed E-state index contributed by atoms with van der Waals surface area (Å²) in [6.45, 7) is 20.4. The molecule has 1 N–H and O–H groups in total. The van der Waals surface area contributed by atoms with E-state index in [4.69, 9.17) is 21.4 Å². The maximum Gasteiger partial charge on any atom is 0.245 e. The lowest BCUT2D eigenvalue weighted by Gasteiger charge is -2.58. The first-order valence-electron chi connectivity index (χ1n) is 15.5. The number of hydrogen-bond acceptors (Lipinski definition) is 6. The van der Waals surface area contributed by atoms with E-state index in [1.54, 1.807) is 0 Å². The zero-order chi connectivity index (χ0) is 29.8. The lowest BCUT2D eigenvalue weighted by Crippen LogP contribution is -2.63. The van der Waals surface area contributed by atoms with Gasteiger partial charge >= 0.3 is 0 Å². The predicted octanol–water partition coefficient (Wildman–Crippen LogP) is 5.37. The summed E-state index contributed by atoms with van der Waals surface area (Å²) in [7, 11) is 0. The van der Waals surface area contributed by atoms with Crippen molar-refractivity contribution in [3.8, 4) is 11.1 Å². The van der Waals surface area contributed by atoms with Crippen LogP contribution in [0.3, 0.4) is 0 Å². The van der Waals surface area contributed by atoms with Gasteiger partial charge in [-0.2, -0.15) is 10.2 Å². The molecule has 3 aliphatic heterocycles. The van der Waals surface area contributed by atoms with Crippen molar-refractivity contribution >= 4 is 34.2 Å². The summed E-state index contributed by atoms with van der Waals surface area (Å²) < 4.78 is 7.76. The molecule has 1 atom stereocenters. The number of anilines is 1. The summed E-state index contributed by atoms with van der Waals surface area (Å²) in [5.41, 5.74) is 5.51. The standard InChI is InChI=1S/C30H38ClN7O2.C2H6/c1-5-20-13-35(22-14-40-15-22)7-8-37(20)29-26(27-23-12-32-33-24(23)9-18(3)28(27)31)19(4)38(34-29)21-10-30(11-21)16-36(17-30)25(39)6-2;1-2/h6,9,12,20-22H,2,5,7-8,10-11,13-17H2,1,3-4H3,(H,32,33);1-2H3. The number of nitrogens with zero attached hydrogens (tertiary/aromatic N) is 6. The molecule has 9 nitrogen and oxygen atoms in total. The van der Waals surface area contributed by atoms with E-state index in [-0.39, 0.29) is 11.3 Å². The molecule has 3 saturated heterocycles. The molecule has 42 heavy (non-hydrogen) atoms. The Bertz CT molecular complexity index is 1480. The second-order valence-electron chi connectivity index (χ2n) is 12.3. The molecule has 1 spiro atoms. The number of rotatable bonds is 6. The Morgan fingerprint density at radius 1 is 1.19 bits per heavy atom. The molecule has 1 aromatic carbocycles. The number of fused-ring (bicyclic) bond motifs is 1. The molecule has 1 unspecified atom stereocenters. The van der Waals surface area contributed by atoms with Crippen LogP contribution in [0.25, 0.3) is 22.0 Å². The second kappa shape index (κ2) is 11.3. The summed E-state index contributed by atoms with van der Waals surface area (Å²) in [5.74, 6) is 1.06. The molecule has 2 aromatic heterocycles. The number of aromatic amines is 1. The number of benzene rings is 1. The fourth-order valence-corrected chi connectivity index (χ4v) is 7.74. The van der Waals surface area contributed by atoms with Crippen LogP contribution in [-0.4, -0.2) is 93.7 Å². The van der Waals surface area contributed by atoms with E-state index in [0.717, 1.165) is 109 Å². The van der Waals surface area contributed by atoms with E-state index in [1.165, 1.54) is 6.08 Å². The Labute approximate surface area is 253 Å². The van der Waals surface area contributed by atoms with Crippen LogP contribution in [0.5, 0.6) is 0 Å². The summed E-state index contributed by atoms with van der Waals surface area (Å²) in [4.78, 5) is 19.1. The Morgan fingerprint density at radius 2 is 1.93 bits per heavy atom. The number of nitrogens with one attached hydrogen (secondary N) is 1. The number of halogens is 1. The van der Waals surface area contributed by atoms with E-state index in [2.05, 4.69) is 58.1 Å². The Morgan fingerprint density at radius 3 is 2.57 bits per heavy atom. The van der Waals surface area contributed by atoms with Gasteiger partial charge in [0, 0.05) is 66.4 Å². The van der Waals surface area contributed by atoms with Gasteiger partial charge in [0.25, 0.3) is 0 Å². The average molecular weight is 594 g/mol. The van der Waals surface area contributed by atoms with Gasteiger partial charge in [-0.15, -0.1) is 0 Å². The van der Waals surface area contributed by atoms with Crippen LogP contribution in [-0.2, 0) is 9.53 Å². The smallest absolute Gasteiger partial charge is 0.245 e. The minimum absolute atomic E-state index is 0.0327. The molecule has 4 aliphatic rings. The van der Waals surface area contributed by atoms with Gasteiger partial charge in [0.05, 0.1) is 42.0 Å². The molecule has 5 heterocycles. The highest BCUT2D eigenvalue weighted by Gasteiger charge is 2.54. The minimum Gasteiger partial charge on any atom is -0.378 e. The summed E-state index contributed by atoms with van der Waals surface area (Å²) in [6.07, 6.45) is 6.41. The summed E-state index contributed by atoms with van der Waals surface area (Å²) in [6, 6.07) is 3.28. The number of ether oxygens (including phenoxy) is 1. The van der Waals surface area contributed by atoms with Gasteiger partial charge < -0.3 is 14.5 Å². The highest BCUT2D eigenvalue weighted by molar-refractivity contribution is 6.36. The minimum atomic E-state index is 0.0327. The van der Waals surface area contributed by atoms with E-state index in [1.807, 2.05) is 24.9 Å². The molecule has 0 radical (unpaired) electrons. The number of amides is 1. The van der Waals surface area contributed by atoms with Gasteiger partial charge in [-0.25, -0.2) is 0 Å². The molecular weight excluding hydrogens is 550 g/mol. The molecule has 10 heteroatoms. The molecule has 1 amide bonds. The number of piperazine rings is 1. The van der Waals surface area contributed by atoms with Crippen LogP contribution in [0.2, 0.25) is 5.02 Å². The third-order valence-electron chi connectivity index (χ3n) is 9.86. The third kappa shape index (κ3) is 4.64. The summed E-state index contributed by atoms with van der Waals surface area (Å²) >= 11 is 7.12. The molecule has 0 bridgehead atoms. The van der Waals surface area contributed by atoms with Crippen LogP contribution in [0.4, 0.5) is 5.82 Å². The molecule has 7 rings (SSSR count). The number of carbonyl (C=O) groups is 1. The third-order valence-corrected chi connectivity index (χ3v) is 10.3. The zero-order valence-electron chi connectivity index (χ0n) is 25.6. The molecule has 1 saturated carbocycles. The highest BCUT2D eigenvalue weighted by atomic mass is 35.5. The van der Waals surface area contributed by atoms with Gasteiger partial charge in [0.15, 0.2) is 5.82 Å². The van der Waals surface area contributed by atoms with Gasteiger partial charge in [-0.1, -0.05) is 39.0 Å². The van der Waals surface area contributed by atoms with Crippen molar-refractivity contribution in [1.29, 1.82) is 0 Å². The monoisotopic (exact) mass is 593 g/mol. The Hall–Kier alpha value is -2.88. The van der Waals surface area contributed by atoms with Crippen molar-refractivity contribution in [3.05, 3.63) is 41.2 Å². The van der Waals surface area contributed by atoms with Crippen molar-refractivity contribution in [2.45, 2.75) is 72.0 Å². The molecular formula is C32H44ClN7O2. The largest absolute Gasteiger partial charge is 0.378 e. The number of H-pyrrole nitrogens is 1. The second-order valence-corrected chi connectivity index (χ2v) is 12.7. The number of aromatic nitrogens is 4. The van der Waals surface area contributed by atoms with E-state index < -0.39 is 0 Å². The van der Waals surface area contributed by atoms with Gasteiger partial charge in [0.2, 0.25) is 5.91 Å². The lowest BCUT2D eigenvalue weighted by molar-refractivity contribution is -0.149. The van der Waals surface area contributed by atoms with Crippen LogP contribution < -0.4 is 4.90 Å². The van der Waals surface area contributed by atoms with Crippen molar-refractivity contribution < 1.29 is 9.53 Å². The van der Waals surface area contributed by atoms with Gasteiger partial charge in [-0.05, 0) is 50.8 Å². The maximum absolute atomic E-state index is 12.1. The van der Waals surface area contributed by atoms with Crippen molar-refractivity contribution in [2.75, 3.05) is 50.8 Å². The molecule has 3 aromatic rings. The maximum atomic E-state index is 12.1. The zero-order valence-corrected chi connectivity index (χ0v) is 26.4. The van der Waals surface area contributed by atoms with Crippen molar-refractivity contribution in [1.82, 2.24) is 29.8 Å². The number of carbonyl (C=O) groups excluding carboxylic acids is 1. The summed E-state index contributed by atoms with van der Waals surface area (Å²) in [5, 5.41) is 14.7. The van der Waals surface area contributed by atoms with Crippen LogP contribution in [0, 0.1) is 19.3 Å². The first-order valence-corrected chi connectivity index (χ1v) is 15.9. The lowest BCUT2D eigenvalue weighted by atomic mass is 9.60. The quantitative estimate of drug-likeness (QED) is 0.387. The van der Waals surface area contributed by atoms with Crippen molar-refractivity contribution in [2.24, 2.45) is 5.41 Å². The van der Waals surface area contributed by atoms with E-state index >= 15 is 0 Å². The Kier molecular flexibility index (Phi) is 7.87. The van der Waals surface area contributed by atoms with Gasteiger partial charge in [0.1, 0.15) is 0 Å². The van der Waals surface area contributed by atoms with E-state index in [9.17, 15) is 4.79 Å². The van der Waals surface area contributed by atoms with E-state index in [0.29, 0.717) is 18.1 Å². The SMILES string of the molecule is C=CC(=O)N1CC2(CC(n3nc(N4CCN(C5COC5)CC4CC)c(-c4c(Cl)c(C)cc5[nH]ncc45)c3C)C2)C1.CC. The van der Waals surface area contributed by atoms with Gasteiger partial charge in [-0.3, -0.25) is 19.5 Å². The van der Waals surface area contributed by atoms with Crippen LogP contribution in [0.15, 0.2) is 24.9 Å². The number of aryl methyl sites for hydroxylation is 1. The fourth-order valence-electron chi connectivity index (χ4n) is 7.49. The normalized spacial score (nSPS) is 22.4. The Balaban J connectivity index is 0.00000155. The first kappa shape index (κ1) is 29.2. The topological polar surface area (TPSA) is 82.5 Å². The molecule has 4 fully saturated rings. The molecule has 1 aliphatic carbocycles.